The van der Waals surface area contributed by atoms with Gasteiger partial charge in [-0.2, -0.15) is 0 Å². The average molecular weight is 399 g/mol. The maximum absolute atomic E-state index is 13.7. The number of piperazine rings is 1. The Hall–Kier alpha value is -1.70. The van der Waals surface area contributed by atoms with Gasteiger partial charge in [0.25, 0.3) is 0 Å². The summed E-state index contributed by atoms with van der Waals surface area (Å²) in [6.45, 7) is 9.05. The number of amides is 2. The normalized spacial score (nSPS) is 15.7. The van der Waals surface area contributed by atoms with Gasteiger partial charge in [-0.15, -0.1) is 0 Å². The molecule has 1 heterocycles. The van der Waals surface area contributed by atoms with Gasteiger partial charge in [0.15, 0.2) is 0 Å². The standard InChI is InChI=1S/C19H28ClFN4O2/c1-14(2)12-22-19(27)13-25-9-7-24(8-10-25)6-5-18(26)23-17-4-3-15(20)11-16(17)21/h3-4,11,14H,5-10,12-13H2,1-2H3,(H,22,27)(H,23,26). The summed E-state index contributed by atoms with van der Waals surface area (Å²) in [7, 11) is 0. The largest absolute Gasteiger partial charge is 0.355 e. The highest BCUT2D eigenvalue weighted by molar-refractivity contribution is 6.30. The fourth-order valence-electron chi connectivity index (χ4n) is 2.81. The van der Waals surface area contributed by atoms with Crippen LogP contribution in [0.25, 0.3) is 0 Å². The zero-order valence-electron chi connectivity index (χ0n) is 15.9. The Kier molecular flexibility index (Phi) is 8.47. The number of nitrogens with zero attached hydrogens (tertiary/aromatic N) is 2. The van der Waals surface area contributed by atoms with Crippen LogP contribution in [0.2, 0.25) is 5.02 Å². The van der Waals surface area contributed by atoms with Crippen LogP contribution in [0.4, 0.5) is 10.1 Å². The second-order valence-electron chi connectivity index (χ2n) is 7.24. The second kappa shape index (κ2) is 10.6. The number of hydrogen-bond donors (Lipinski definition) is 2. The molecule has 2 N–H and O–H groups in total. The lowest BCUT2D eigenvalue weighted by molar-refractivity contribution is -0.122. The first-order valence-electron chi connectivity index (χ1n) is 9.30. The minimum absolute atomic E-state index is 0.0570. The van der Waals surface area contributed by atoms with Crippen molar-refractivity contribution in [1.82, 2.24) is 15.1 Å². The highest BCUT2D eigenvalue weighted by Gasteiger charge is 2.19. The van der Waals surface area contributed by atoms with Gasteiger partial charge in [-0.25, -0.2) is 4.39 Å². The van der Waals surface area contributed by atoms with Crippen molar-refractivity contribution < 1.29 is 14.0 Å². The molecular formula is C19H28ClFN4O2. The van der Waals surface area contributed by atoms with Gasteiger partial charge in [0.05, 0.1) is 12.2 Å². The smallest absolute Gasteiger partial charge is 0.234 e. The molecule has 1 aromatic rings. The van der Waals surface area contributed by atoms with Gasteiger partial charge in [-0.1, -0.05) is 25.4 Å². The molecule has 150 valence electrons. The van der Waals surface area contributed by atoms with Crippen molar-refractivity contribution in [3.63, 3.8) is 0 Å². The Bertz CT molecular complexity index is 649. The van der Waals surface area contributed by atoms with Crippen molar-refractivity contribution in [2.45, 2.75) is 20.3 Å². The molecule has 27 heavy (non-hydrogen) atoms. The van der Waals surface area contributed by atoms with Gasteiger partial charge in [-0.3, -0.25) is 14.5 Å². The van der Waals surface area contributed by atoms with E-state index in [9.17, 15) is 14.0 Å². The Morgan fingerprint density at radius 1 is 1.15 bits per heavy atom. The molecule has 0 aliphatic carbocycles. The molecule has 0 bridgehead atoms. The second-order valence-corrected chi connectivity index (χ2v) is 7.67. The van der Waals surface area contributed by atoms with Gasteiger partial charge in [0.1, 0.15) is 5.82 Å². The van der Waals surface area contributed by atoms with E-state index in [0.717, 1.165) is 26.2 Å². The number of anilines is 1. The summed E-state index contributed by atoms with van der Waals surface area (Å²) in [5.74, 6) is -0.272. The molecular weight excluding hydrogens is 371 g/mol. The lowest BCUT2D eigenvalue weighted by Gasteiger charge is -2.34. The van der Waals surface area contributed by atoms with Gasteiger partial charge in [0.2, 0.25) is 11.8 Å². The third kappa shape index (κ3) is 7.82. The molecule has 0 aromatic heterocycles. The Labute approximate surface area is 165 Å². The summed E-state index contributed by atoms with van der Waals surface area (Å²) in [6, 6.07) is 4.17. The number of halogens is 2. The third-order valence-corrected chi connectivity index (χ3v) is 4.64. The van der Waals surface area contributed by atoms with E-state index in [-0.39, 0.29) is 23.9 Å². The number of rotatable bonds is 8. The average Bonchev–Trinajstić information content (AvgIpc) is 2.62. The lowest BCUT2D eigenvalue weighted by atomic mass is 10.2. The van der Waals surface area contributed by atoms with Crippen LogP contribution >= 0.6 is 11.6 Å². The fraction of sp³-hybridized carbons (Fsp3) is 0.579. The molecule has 6 nitrogen and oxygen atoms in total. The van der Waals surface area contributed by atoms with Crippen molar-refractivity contribution in [1.29, 1.82) is 0 Å². The van der Waals surface area contributed by atoms with E-state index in [1.807, 2.05) is 0 Å². The topological polar surface area (TPSA) is 64.7 Å². The molecule has 1 aliphatic rings. The molecule has 0 saturated carbocycles. The van der Waals surface area contributed by atoms with E-state index in [1.54, 1.807) is 0 Å². The van der Waals surface area contributed by atoms with Crippen molar-refractivity contribution in [3.8, 4) is 0 Å². The van der Waals surface area contributed by atoms with E-state index in [2.05, 4.69) is 34.3 Å². The summed E-state index contributed by atoms with van der Waals surface area (Å²) in [6.07, 6.45) is 0.289. The zero-order valence-corrected chi connectivity index (χ0v) is 16.7. The maximum Gasteiger partial charge on any atom is 0.234 e. The number of carbonyl (C=O) groups is 2. The Morgan fingerprint density at radius 2 is 1.81 bits per heavy atom. The summed E-state index contributed by atoms with van der Waals surface area (Å²) in [5.41, 5.74) is 0.140. The summed E-state index contributed by atoms with van der Waals surface area (Å²) < 4.78 is 13.7. The molecule has 1 aromatic carbocycles. The lowest BCUT2D eigenvalue weighted by Crippen LogP contribution is -2.50. The summed E-state index contributed by atoms with van der Waals surface area (Å²) in [4.78, 5) is 28.2. The van der Waals surface area contributed by atoms with Crippen molar-refractivity contribution in [3.05, 3.63) is 29.0 Å². The first kappa shape index (κ1) is 21.6. The highest BCUT2D eigenvalue weighted by Crippen LogP contribution is 2.19. The third-order valence-electron chi connectivity index (χ3n) is 4.40. The maximum atomic E-state index is 13.7. The fourth-order valence-corrected chi connectivity index (χ4v) is 2.97. The SMILES string of the molecule is CC(C)CNC(=O)CN1CCN(CCC(=O)Nc2ccc(Cl)cc2F)CC1. The molecule has 0 unspecified atom stereocenters. The first-order valence-corrected chi connectivity index (χ1v) is 9.67. The molecule has 1 aliphatic heterocycles. The van der Waals surface area contributed by atoms with Crippen molar-refractivity contribution in [2.75, 3.05) is 51.1 Å². The van der Waals surface area contributed by atoms with E-state index < -0.39 is 5.82 Å². The molecule has 1 saturated heterocycles. The molecule has 1 fully saturated rings. The van der Waals surface area contributed by atoms with Crippen LogP contribution in [0.1, 0.15) is 20.3 Å². The van der Waals surface area contributed by atoms with E-state index in [1.165, 1.54) is 18.2 Å². The molecule has 8 heteroatoms. The minimum atomic E-state index is -0.541. The predicted molar refractivity (Wildman–Crippen MR) is 105 cm³/mol. The van der Waals surface area contributed by atoms with Crippen molar-refractivity contribution in [2.24, 2.45) is 5.92 Å². The molecule has 0 radical (unpaired) electrons. The number of benzene rings is 1. The van der Waals surface area contributed by atoms with E-state index >= 15 is 0 Å². The number of hydrogen-bond acceptors (Lipinski definition) is 4. The van der Waals surface area contributed by atoms with Crippen molar-refractivity contribution >= 4 is 29.1 Å². The van der Waals surface area contributed by atoms with Gasteiger partial charge in [0, 0.05) is 50.7 Å². The van der Waals surface area contributed by atoms with Crippen LogP contribution in [0.5, 0.6) is 0 Å². The van der Waals surface area contributed by atoms with E-state index in [0.29, 0.717) is 30.6 Å². The van der Waals surface area contributed by atoms with Crippen LogP contribution in [0, 0.1) is 11.7 Å². The minimum Gasteiger partial charge on any atom is -0.355 e. The monoisotopic (exact) mass is 398 g/mol. The Balaban J connectivity index is 1.65. The highest BCUT2D eigenvalue weighted by atomic mass is 35.5. The number of nitrogens with one attached hydrogen (secondary N) is 2. The van der Waals surface area contributed by atoms with Crippen LogP contribution in [0.3, 0.4) is 0 Å². The van der Waals surface area contributed by atoms with E-state index in [4.69, 9.17) is 11.6 Å². The molecule has 0 spiro atoms. The molecule has 0 atom stereocenters. The van der Waals surface area contributed by atoms with Crippen LogP contribution in [0.15, 0.2) is 18.2 Å². The summed E-state index contributed by atoms with van der Waals surface area (Å²) >= 11 is 5.70. The summed E-state index contributed by atoms with van der Waals surface area (Å²) in [5, 5.41) is 5.79. The van der Waals surface area contributed by atoms with Gasteiger partial charge >= 0.3 is 0 Å². The van der Waals surface area contributed by atoms with Gasteiger partial charge < -0.3 is 15.5 Å². The molecule has 2 rings (SSSR count). The molecule has 2 amide bonds. The number of carbonyl (C=O) groups excluding carboxylic acids is 2. The van der Waals surface area contributed by atoms with Gasteiger partial charge in [-0.05, 0) is 24.1 Å². The van der Waals surface area contributed by atoms with Crippen LogP contribution in [-0.2, 0) is 9.59 Å². The first-order chi connectivity index (χ1) is 12.8. The quantitative estimate of drug-likeness (QED) is 0.704. The Morgan fingerprint density at radius 3 is 2.44 bits per heavy atom. The zero-order chi connectivity index (χ0) is 19.8. The van der Waals surface area contributed by atoms with Crippen LogP contribution < -0.4 is 10.6 Å². The van der Waals surface area contributed by atoms with Crippen LogP contribution in [-0.4, -0.2) is 67.4 Å². The predicted octanol–water partition coefficient (Wildman–Crippen LogP) is 2.20.